The molecule has 1 aromatic carbocycles. The molecule has 0 bridgehead atoms. The number of aromatic nitrogens is 1. The summed E-state index contributed by atoms with van der Waals surface area (Å²) < 4.78 is 0. The minimum absolute atomic E-state index is 0.00423. The van der Waals surface area contributed by atoms with Crippen molar-refractivity contribution >= 4 is 23.2 Å². The number of likely N-dealkylation sites (tertiary alicyclic amines) is 1. The summed E-state index contributed by atoms with van der Waals surface area (Å²) in [6.07, 6.45) is 5.56. The molecule has 3 heterocycles. The van der Waals surface area contributed by atoms with Gasteiger partial charge in [0.05, 0.1) is 17.8 Å². The molecule has 0 saturated carbocycles. The first kappa shape index (κ1) is 21.3. The van der Waals surface area contributed by atoms with Crippen molar-refractivity contribution in [3.8, 4) is 0 Å². The molecular weight excluding hydrogens is 388 g/mol. The highest BCUT2D eigenvalue weighted by Crippen LogP contribution is 2.31. The van der Waals surface area contributed by atoms with Gasteiger partial charge in [-0.2, -0.15) is 0 Å². The number of carbonyl (C=O) groups is 2. The summed E-state index contributed by atoms with van der Waals surface area (Å²) in [5, 5.41) is 3.05. The first-order valence-electron chi connectivity index (χ1n) is 11.2. The number of amides is 2. The summed E-state index contributed by atoms with van der Waals surface area (Å²) in [5.74, 6) is 0.780. The van der Waals surface area contributed by atoms with E-state index in [9.17, 15) is 9.59 Å². The van der Waals surface area contributed by atoms with Crippen LogP contribution in [0.25, 0.3) is 0 Å². The summed E-state index contributed by atoms with van der Waals surface area (Å²) in [5.41, 5.74) is 2.87. The van der Waals surface area contributed by atoms with Crippen LogP contribution in [0.1, 0.15) is 45.1 Å². The van der Waals surface area contributed by atoms with E-state index in [1.807, 2.05) is 56.1 Å². The monoisotopic (exact) mass is 420 g/mol. The number of piperidine rings is 1. The lowest BCUT2D eigenvalue weighted by Crippen LogP contribution is -2.52. The number of pyridine rings is 1. The zero-order valence-corrected chi connectivity index (χ0v) is 18.7. The molecule has 2 amide bonds. The van der Waals surface area contributed by atoms with Crippen LogP contribution in [-0.4, -0.2) is 47.9 Å². The molecule has 2 aliphatic heterocycles. The van der Waals surface area contributed by atoms with Crippen molar-refractivity contribution in [3.63, 3.8) is 0 Å². The predicted molar refractivity (Wildman–Crippen MR) is 123 cm³/mol. The molecule has 31 heavy (non-hydrogen) atoms. The molecule has 6 nitrogen and oxygen atoms in total. The minimum atomic E-state index is -0.317. The van der Waals surface area contributed by atoms with Gasteiger partial charge >= 0.3 is 0 Å². The van der Waals surface area contributed by atoms with Crippen LogP contribution in [0.3, 0.4) is 0 Å². The molecule has 0 atom stereocenters. The van der Waals surface area contributed by atoms with E-state index in [1.54, 1.807) is 6.20 Å². The van der Waals surface area contributed by atoms with Crippen LogP contribution < -0.4 is 10.2 Å². The standard InChI is InChI=1S/C25H32N4O2/c1-25(2,3)24(31)28-13-10-19(11-14-28)18-6-8-21(9-7-18)27-23(30)20-16-29(17-20)22-5-4-12-26-15-22/h4-9,12,15,19-20H,10-11,13-14,16-17H2,1-3H3,(H,27,30). The third-order valence-corrected chi connectivity index (χ3v) is 6.34. The first-order valence-corrected chi connectivity index (χ1v) is 11.2. The van der Waals surface area contributed by atoms with Crippen molar-refractivity contribution in [3.05, 3.63) is 54.4 Å². The third-order valence-electron chi connectivity index (χ3n) is 6.34. The summed E-state index contributed by atoms with van der Waals surface area (Å²) in [7, 11) is 0. The second-order valence-corrected chi connectivity index (χ2v) is 9.74. The molecule has 6 heteroatoms. The lowest BCUT2D eigenvalue weighted by Gasteiger charge is -2.39. The van der Waals surface area contributed by atoms with Crippen molar-refractivity contribution in [2.24, 2.45) is 11.3 Å². The van der Waals surface area contributed by atoms with Gasteiger partial charge in [-0.3, -0.25) is 14.6 Å². The third kappa shape index (κ3) is 4.89. The fraction of sp³-hybridized carbons (Fsp3) is 0.480. The fourth-order valence-corrected chi connectivity index (χ4v) is 4.37. The van der Waals surface area contributed by atoms with Gasteiger partial charge in [0.25, 0.3) is 0 Å². The number of anilines is 2. The maximum absolute atomic E-state index is 12.5. The number of carbonyl (C=O) groups excluding carboxylic acids is 2. The van der Waals surface area contributed by atoms with Gasteiger partial charge in [0.15, 0.2) is 0 Å². The number of hydrogen-bond donors (Lipinski definition) is 1. The highest BCUT2D eigenvalue weighted by atomic mass is 16.2. The van der Waals surface area contributed by atoms with Crippen LogP contribution in [-0.2, 0) is 9.59 Å². The van der Waals surface area contributed by atoms with E-state index >= 15 is 0 Å². The number of nitrogens with one attached hydrogen (secondary N) is 1. The maximum Gasteiger partial charge on any atom is 0.231 e. The summed E-state index contributed by atoms with van der Waals surface area (Å²) in [6, 6.07) is 12.2. The Bertz CT molecular complexity index is 907. The Labute approximate surface area is 184 Å². The second-order valence-electron chi connectivity index (χ2n) is 9.74. The van der Waals surface area contributed by atoms with Crippen LogP contribution in [0, 0.1) is 11.3 Å². The highest BCUT2D eigenvalue weighted by molar-refractivity contribution is 5.94. The van der Waals surface area contributed by atoms with Crippen LogP contribution >= 0.6 is 0 Å². The Morgan fingerprint density at radius 2 is 1.71 bits per heavy atom. The maximum atomic E-state index is 12.5. The normalized spacial score (nSPS) is 17.9. The van der Waals surface area contributed by atoms with Gasteiger partial charge in [-0.1, -0.05) is 32.9 Å². The Morgan fingerprint density at radius 1 is 1.03 bits per heavy atom. The SMILES string of the molecule is CC(C)(C)C(=O)N1CCC(c2ccc(NC(=O)C3CN(c4cccnc4)C3)cc2)CC1. The zero-order chi connectivity index (χ0) is 22.0. The van der Waals surface area contributed by atoms with E-state index in [2.05, 4.69) is 27.3 Å². The molecule has 0 aliphatic carbocycles. The first-order chi connectivity index (χ1) is 14.8. The highest BCUT2D eigenvalue weighted by Gasteiger charge is 2.33. The van der Waals surface area contributed by atoms with Crippen molar-refractivity contribution < 1.29 is 9.59 Å². The number of nitrogens with zero attached hydrogens (tertiary/aromatic N) is 3. The van der Waals surface area contributed by atoms with E-state index in [1.165, 1.54) is 5.56 Å². The lowest BCUT2D eigenvalue weighted by molar-refractivity contribution is -0.140. The van der Waals surface area contributed by atoms with Gasteiger partial charge in [0, 0.05) is 43.5 Å². The average molecular weight is 421 g/mol. The number of hydrogen-bond acceptors (Lipinski definition) is 4. The topological polar surface area (TPSA) is 65.5 Å². The van der Waals surface area contributed by atoms with Gasteiger partial charge < -0.3 is 15.1 Å². The Hall–Kier alpha value is -2.89. The quantitative estimate of drug-likeness (QED) is 0.815. The van der Waals surface area contributed by atoms with E-state index in [0.29, 0.717) is 5.92 Å². The number of benzene rings is 1. The van der Waals surface area contributed by atoms with E-state index in [-0.39, 0.29) is 23.1 Å². The van der Waals surface area contributed by atoms with Crippen LogP contribution in [0.15, 0.2) is 48.8 Å². The molecule has 0 unspecified atom stereocenters. The summed E-state index contributed by atoms with van der Waals surface area (Å²) >= 11 is 0. The molecule has 1 aromatic heterocycles. The second kappa shape index (κ2) is 8.69. The van der Waals surface area contributed by atoms with Crippen molar-refractivity contribution in [1.29, 1.82) is 0 Å². The van der Waals surface area contributed by atoms with Gasteiger partial charge in [-0.25, -0.2) is 0 Å². The smallest absolute Gasteiger partial charge is 0.231 e. The van der Waals surface area contributed by atoms with Crippen molar-refractivity contribution in [2.45, 2.75) is 39.5 Å². The van der Waals surface area contributed by atoms with E-state index in [0.717, 1.165) is 50.4 Å². The lowest BCUT2D eigenvalue weighted by atomic mass is 9.87. The van der Waals surface area contributed by atoms with Crippen LogP contribution in [0.5, 0.6) is 0 Å². The molecule has 164 valence electrons. The van der Waals surface area contributed by atoms with Gasteiger partial charge in [0.2, 0.25) is 11.8 Å². The minimum Gasteiger partial charge on any atom is -0.369 e. The Morgan fingerprint density at radius 3 is 2.29 bits per heavy atom. The van der Waals surface area contributed by atoms with Gasteiger partial charge in [-0.05, 0) is 48.6 Å². The number of rotatable bonds is 4. The molecule has 0 spiro atoms. The van der Waals surface area contributed by atoms with Crippen molar-refractivity contribution in [1.82, 2.24) is 9.88 Å². The molecule has 0 radical (unpaired) electrons. The summed E-state index contributed by atoms with van der Waals surface area (Å²) in [6.45, 7) is 9.02. The largest absolute Gasteiger partial charge is 0.369 e. The summed E-state index contributed by atoms with van der Waals surface area (Å²) in [4.78, 5) is 33.3. The fourth-order valence-electron chi connectivity index (χ4n) is 4.37. The molecule has 2 saturated heterocycles. The Balaban J connectivity index is 1.26. The van der Waals surface area contributed by atoms with Crippen LogP contribution in [0.4, 0.5) is 11.4 Å². The van der Waals surface area contributed by atoms with Crippen LogP contribution in [0.2, 0.25) is 0 Å². The Kier molecular flexibility index (Phi) is 5.99. The predicted octanol–water partition coefficient (Wildman–Crippen LogP) is 3.91. The van der Waals surface area contributed by atoms with Gasteiger partial charge in [-0.15, -0.1) is 0 Å². The van der Waals surface area contributed by atoms with E-state index < -0.39 is 0 Å². The molecule has 2 fully saturated rings. The molecule has 2 aliphatic rings. The molecule has 4 rings (SSSR count). The van der Waals surface area contributed by atoms with E-state index in [4.69, 9.17) is 0 Å². The van der Waals surface area contributed by atoms with Crippen molar-refractivity contribution in [2.75, 3.05) is 36.4 Å². The molecule has 1 N–H and O–H groups in total. The average Bonchev–Trinajstić information content (AvgIpc) is 2.73. The van der Waals surface area contributed by atoms with Gasteiger partial charge in [0.1, 0.15) is 0 Å². The molecule has 2 aromatic rings. The molecular formula is C25H32N4O2. The zero-order valence-electron chi connectivity index (χ0n) is 18.7.